The largest absolute Gasteiger partial charge is 0.302 e. The molecule has 4 aromatic rings. The van der Waals surface area contributed by atoms with Gasteiger partial charge in [-0.3, -0.25) is 0 Å². The molecule has 0 spiro atoms. The SMILES string of the molecule is CCN(C)Cc1ccccc1C1(c2ccccc2)c2ccccc2-c2ccccc21. The van der Waals surface area contributed by atoms with Gasteiger partial charge in [0.05, 0.1) is 5.41 Å². The second-order valence-electron chi connectivity index (χ2n) is 8.19. The molecule has 1 heteroatoms. The molecule has 1 nitrogen and oxygen atoms in total. The standard InChI is InChI=1S/C29H27N/c1-3-30(2)21-22-13-7-10-18-26(22)29(23-14-5-4-6-15-23)27-19-11-8-16-24(27)25-17-9-12-20-28(25)29/h4-20H,3,21H2,1-2H3. The van der Waals surface area contributed by atoms with Gasteiger partial charge in [-0.25, -0.2) is 0 Å². The number of hydrogen-bond donors (Lipinski definition) is 0. The minimum Gasteiger partial charge on any atom is -0.302 e. The Morgan fingerprint density at radius 1 is 0.600 bits per heavy atom. The fraction of sp³-hybridized carbons (Fsp3) is 0.172. The van der Waals surface area contributed by atoms with Crippen molar-refractivity contribution in [3.8, 4) is 11.1 Å². The maximum Gasteiger partial charge on any atom is 0.0716 e. The number of hydrogen-bond acceptors (Lipinski definition) is 1. The van der Waals surface area contributed by atoms with Gasteiger partial charge in [0, 0.05) is 6.54 Å². The van der Waals surface area contributed by atoms with E-state index in [-0.39, 0.29) is 5.41 Å². The zero-order chi connectivity index (χ0) is 20.6. The third kappa shape index (κ3) is 2.74. The van der Waals surface area contributed by atoms with Gasteiger partial charge in [-0.2, -0.15) is 0 Å². The number of benzene rings is 4. The van der Waals surface area contributed by atoms with Gasteiger partial charge in [0.25, 0.3) is 0 Å². The lowest BCUT2D eigenvalue weighted by molar-refractivity contribution is 0.343. The van der Waals surface area contributed by atoms with Crippen molar-refractivity contribution in [3.63, 3.8) is 0 Å². The maximum atomic E-state index is 2.38. The van der Waals surface area contributed by atoms with Crippen LogP contribution in [0.1, 0.15) is 34.7 Å². The van der Waals surface area contributed by atoms with Gasteiger partial charge in [-0.1, -0.05) is 110 Å². The molecule has 4 aromatic carbocycles. The van der Waals surface area contributed by atoms with Crippen molar-refractivity contribution < 1.29 is 0 Å². The molecule has 1 aliphatic rings. The molecule has 0 unspecified atom stereocenters. The van der Waals surface area contributed by atoms with Gasteiger partial charge < -0.3 is 4.90 Å². The topological polar surface area (TPSA) is 3.24 Å². The van der Waals surface area contributed by atoms with Crippen molar-refractivity contribution in [1.82, 2.24) is 4.90 Å². The highest BCUT2D eigenvalue weighted by Crippen LogP contribution is 2.56. The van der Waals surface area contributed by atoms with E-state index < -0.39 is 0 Å². The summed E-state index contributed by atoms with van der Waals surface area (Å²) in [5.74, 6) is 0. The molecule has 0 amide bonds. The van der Waals surface area contributed by atoms with Crippen LogP contribution in [0.15, 0.2) is 103 Å². The minimum absolute atomic E-state index is 0.306. The van der Waals surface area contributed by atoms with Crippen molar-refractivity contribution in [1.29, 1.82) is 0 Å². The molecule has 5 rings (SSSR count). The predicted octanol–water partition coefficient (Wildman–Crippen LogP) is 6.50. The fourth-order valence-electron chi connectivity index (χ4n) is 5.11. The van der Waals surface area contributed by atoms with Crippen LogP contribution in [0.5, 0.6) is 0 Å². The molecule has 0 radical (unpaired) electrons. The summed E-state index contributed by atoms with van der Waals surface area (Å²) in [7, 11) is 2.20. The molecule has 0 aliphatic heterocycles. The monoisotopic (exact) mass is 389 g/mol. The average molecular weight is 390 g/mol. The summed E-state index contributed by atoms with van der Waals surface area (Å²) in [6, 6.07) is 37.9. The van der Waals surface area contributed by atoms with Crippen LogP contribution in [0.2, 0.25) is 0 Å². The van der Waals surface area contributed by atoms with Gasteiger partial charge in [0.15, 0.2) is 0 Å². The summed E-state index contributed by atoms with van der Waals surface area (Å²) < 4.78 is 0. The smallest absolute Gasteiger partial charge is 0.0716 e. The van der Waals surface area contributed by atoms with E-state index in [2.05, 4.69) is 122 Å². The Bertz CT molecular complexity index is 1130. The summed E-state index contributed by atoms with van der Waals surface area (Å²) in [6.45, 7) is 4.18. The summed E-state index contributed by atoms with van der Waals surface area (Å²) >= 11 is 0. The second-order valence-corrected chi connectivity index (χ2v) is 8.19. The molecule has 0 aromatic heterocycles. The van der Waals surface area contributed by atoms with Crippen molar-refractivity contribution in [3.05, 3.63) is 131 Å². The van der Waals surface area contributed by atoms with Gasteiger partial charge in [0.2, 0.25) is 0 Å². The highest BCUT2D eigenvalue weighted by atomic mass is 15.1. The number of fused-ring (bicyclic) bond motifs is 3. The van der Waals surface area contributed by atoms with E-state index in [0.29, 0.717) is 0 Å². The Morgan fingerprint density at radius 2 is 1.10 bits per heavy atom. The Hall–Kier alpha value is -3.16. The van der Waals surface area contributed by atoms with Crippen LogP contribution in [0.3, 0.4) is 0 Å². The lowest BCUT2D eigenvalue weighted by Gasteiger charge is -2.36. The molecule has 0 heterocycles. The van der Waals surface area contributed by atoms with Crippen molar-refractivity contribution >= 4 is 0 Å². The highest BCUT2D eigenvalue weighted by molar-refractivity contribution is 5.86. The lowest BCUT2D eigenvalue weighted by Crippen LogP contribution is -2.31. The zero-order valence-electron chi connectivity index (χ0n) is 17.7. The normalized spacial score (nSPS) is 13.8. The molecule has 30 heavy (non-hydrogen) atoms. The fourth-order valence-corrected chi connectivity index (χ4v) is 5.11. The molecular formula is C29H27N. The lowest BCUT2D eigenvalue weighted by atomic mass is 9.66. The molecule has 0 saturated carbocycles. The van der Waals surface area contributed by atoms with Crippen molar-refractivity contribution in [2.24, 2.45) is 0 Å². The van der Waals surface area contributed by atoms with Gasteiger partial charge >= 0.3 is 0 Å². The Balaban J connectivity index is 1.90. The molecule has 0 bridgehead atoms. The van der Waals surface area contributed by atoms with E-state index in [0.717, 1.165) is 13.1 Å². The van der Waals surface area contributed by atoms with Crippen molar-refractivity contribution in [2.45, 2.75) is 18.9 Å². The summed E-state index contributed by atoms with van der Waals surface area (Å²) in [5.41, 5.74) is 9.24. The van der Waals surface area contributed by atoms with Gasteiger partial charge in [0.1, 0.15) is 0 Å². The molecule has 0 saturated heterocycles. The van der Waals surface area contributed by atoms with Crippen LogP contribution in [0.4, 0.5) is 0 Å². The number of nitrogens with zero attached hydrogens (tertiary/aromatic N) is 1. The first kappa shape index (κ1) is 18.8. The van der Waals surface area contributed by atoms with Gasteiger partial charge in [-0.05, 0) is 52.5 Å². The molecule has 0 atom stereocenters. The zero-order valence-corrected chi connectivity index (χ0v) is 17.7. The third-order valence-electron chi connectivity index (χ3n) is 6.56. The van der Waals surface area contributed by atoms with Crippen LogP contribution in [-0.4, -0.2) is 18.5 Å². The van der Waals surface area contributed by atoms with E-state index in [4.69, 9.17) is 0 Å². The maximum absolute atomic E-state index is 2.38. The average Bonchev–Trinajstić information content (AvgIpc) is 3.11. The first-order valence-corrected chi connectivity index (χ1v) is 10.8. The first-order valence-electron chi connectivity index (χ1n) is 10.8. The molecule has 0 N–H and O–H groups in total. The number of rotatable bonds is 5. The quantitative estimate of drug-likeness (QED) is 0.331. The van der Waals surface area contributed by atoms with Crippen LogP contribution >= 0.6 is 0 Å². The summed E-state index contributed by atoms with van der Waals surface area (Å²) in [6.07, 6.45) is 0. The third-order valence-corrected chi connectivity index (χ3v) is 6.56. The van der Waals surface area contributed by atoms with E-state index in [1.54, 1.807) is 0 Å². The van der Waals surface area contributed by atoms with E-state index >= 15 is 0 Å². The van der Waals surface area contributed by atoms with Crippen molar-refractivity contribution in [2.75, 3.05) is 13.6 Å². The molecule has 0 fully saturated rings. The molecular weight excluding hydrogens is 362 g/mol. The van der Waals surface area contributed by atoms with E-state index in [1.807, 2.05) is 0 Å². The van der Waals surface area contributed by atoms with Crippen LogP contribution in [0, 0.1) is 0 Å². The van der Waals surface area contributed by atoms with E-state index in [9.17, 15) is 0 Å². The Labute approximate surface area is 179 Å². The first-order chi connectivity index (χ1) is 14.8. The Kier molecular flexibility index (Phi) is 4.77. The summed E-state index contributed by atoms with van der Waals surface area (Å²) in [5, 5.41) is 0. The molecule has 1 aliphatic carbocycles. The second kappa shape index (κ2) is 7.59. The molecule has 148 valence electrons. The van der Waals surface area contributed by atoms with Crippen LogP contribution in [0.25, 0.3) is 11.1 Å². The van der Waals surface area contributed by atoms with Crippen LogP contribution in [-0.2, 0) is 12.0 Å². The van der Waals surface area contributed by atoms with Crippen LogP contribution < -0.4 is 0 Å². The van der Waals surface area contributed by atoms with Gasteiger partial charge in [-0.15, -0.1) is 0 Å². The van der Waals surface area contributed by atoms with E-state index in [1.165, 1.54) is 38.9 Å². The Morgan fingerprint density at radius 3 is 1.70 bits per heavy atom. The minimum atomic E-state index is -0.306. The highest BCUT2D eigenvalue weighted by Gasteiger charge is 2.46. The summed E-state index contributed by atoms with van der Waals surface area (Å²) in [4.78, 5) is 2.38. The predicted molar refractivity (Wildman–Crippen MR) is 126 cm³/mol.